The van der Waals surface area contributed by atoms with Gasteiger partial charge in [-0.15, -0.1) is 11.6 Å². The fourth-order valence-electron chi connectivity index (χ4n) is 0.920. The first kappa shape index (κ1) is 10.8. The van der Waals surface area contributed by atoms with Crippen LogP contribution in [0.5, 0.6) is 0 Å². The summed E-state index contributed by atoms with van der Waals surface area (Å²) in [4.78, 5) is 14.2. The standard InChI is InChI=1S/C8H6ClF2NO2/c9-2-6-5(8(13)14)1-4(3-12-6)7(10)11/h1,3,7H,2H2,(H,13,14). The number of halogens is 3. The van der Waals surface area contributed by atoms with E-state index in [-0.39, 0.29) is 17.1 Å². The third-order valence-corrected chi connectivity index (χ3v) is 1.85. The van der Waals surface area contributed by atoms with Crippen LogP contribution >= 0.6 is 11.6 Å². The molecule has 0 aromatic carbocycles. The number of pyridine rings is 1. The Bertz CT molecular complexity index is 357. The molecule has 1 aromatic heterocycles. The van der Waals surface area contributed by atoms with E-state index in [0.717, 1.165) is 12.3 Å². The SMILES string of the molecule is O=C(O)c1cc(C(F)F)cnc1CCl. The summed E-state index contributed by atoms with van der Waals surface area (Å²) in [5, 5.41) is 8.66. The molecule has 1 rings (SSSR count). The molecule has 0 bridgehead atoms. The Morgan fingerprint density at radius 2 is 2.29 bits per heavy atom. The van der Waals surface area contributed by atoms with Gasteiger partial charge in [0.05, 0.1) is 17.1 Å². The van der Waals surface area contributed by atoms with Crippen LogP contribution in [-0.4, -0.2) is 16.1 Å². The molecule has 0 saturated carbocycles. The van der Waals surface area contributed by atoms with E-state index in [4.69, 9.17) is 16.7 Å². The minimum absolute atomic E-state index is 0.0866. The molecule has 0 spiro atoms. The fourth-order valence-corrected chi connectivity index (χ4v) is 1.13. The van der Waals surface area contributed by atoms with E-state index < -0.39 is 18.0 Å². The van der Waals surface area contributed by atoms with E-state index in [1.54, 1.807) is 0 Å². The first-order chi connectivity index (χ1) is 6.56. The molecule has 1 aromatic rings. The molecule has 0 aliphatic heterocycles. The second-order valence-electron chi connectivity index (χ2n) is 2.50. The van der Waals surface area contributed by atoms with Gasteiger partial charge in [0.15, 0.2) is 0 Å². The van der Waals surface area contributed by atoms with Gasteiger partial charge in [0, 0.05) is 11.8 Å². The Hall–Kier alpha value is -1.23. The molecule has 76 valence electrons. The van der Waals surface area contributed by atoms with Crippen LogP contribution in [-0.2, 0) is 5.88 Å². The number of alkyl halides is 3. The number of hydrogen-bond donors (Lipinski definition) is 1. The monoisotopic (exact) mass is 221 g/mol. The lowest BCUT2D eigenvalue weighted by Gasteiger charge is -2.04. The summed E-state index contributed by atoms with van der Waals surface area (Å²) >= 11 is 5.39. The Labute approximate surface area is 83.3 Å². The highest BCUT2D eigenvalue weighted by atomic mass is 35.5. The quantitative estimate of drug-likeness (QED) is 0.798. The van der Waals surface area contributed by atoms with Crippen molar-refractivity contribution in [2.75, 3.05) is 0 Å². The van der Waals surface area contributed by atoms with Gasteiger partial charge in [-0.25, -0.2) is 13.6 Å². The third kappa shape index (κ3) is 2.17. The second-order valence-corrected chi connectivity index (χ2v) is 2.77. The summed E-state index contributed by atoms with van der Waals surface area (Å²) in [5.74, 6) is -1.43. The van der Waals surface area contributed by atoms with Crippen molar-refractivity contribution in [2.24, 2.45) is 0 Å². The summed E-state index contributed by atoms with van der Waals surface area (Å²) < 4.78 is 24.4. The molecule has 0 radical (unpaired) electrons. The van der Waals surface area contributed by atoms with Crippen LogP contribution in [0.2, 0.25) is 0 Å². The number of carboxylic acids is 1. The van der Waals surface area contributed by atoms with Crippen LogP contribution in [0.1, 0.15) is 28.0 Å². The maximum absolute atomic E-state index is 12.2. The highest BCUT2D eigenvalue weighted by Gasteiger charge is 2.15. The van der Waals surface area contributed by atoms with Crippen LogP contribution in [0.4, 0.5) is 8.78 Å². The normalized spacial score (nSPS) is 10.6. The number of aromatic carboxylic acids is 1. The highest BCUT2D eigenvalue weighted by Crippen LogP contribution is 2.20. The van der Waals surface area contributed by atoms with Crippen molar-refractivity contribution in [1.82, 2.24) is 4.98 Å². The zero-order chi connectivity index (χ0) is 10.7. The minimum Gasteiger partial charge on any atom is -0.478 e. The van der Waals surface area contributed by atoms with Crippen molar-refractivity contribution in [3.05, 3.63) is 29.1 Å². The molecule has 0 atom stereocenters. The number of hydrogen-bond acceptors (Lipinski definition) is 2. The highest BCUT2D eigenvalue weighted by molar-refractivity contribution is 6.17. The maximum atomic E-state index is 12.2. The molecule has 1 heterocycles. The van der Waals surface area contributed by atoms with Gasteiger partial charge in [-0.2, -0.15) is 0 Å². The lowest BCUT2D eigenvalue weighted by atomic mass is 10.1. The van der Waals surface area contributed by atoms with E-state index >= 15 is 0 Å². The number of nitrogens with zero attached hydrogens (tertiary/aromatic N) is 1. The number of rotatable bonds is 3. The van der Waals surface area contributed by atoms with E-state index in [1.807, 2.05) is 0 Å². The van der Waals surface area contributed by atoms with Gasteiger partial charge in [-0.1, -0.05) is 0 Å². The van der Waals surface area contributed by atoms with Gasteiger partial charge in [-0.05, 0) is 6.07 Å². The Kier molecular flexibility index (Phi) is 3.35. The van der Waals surface area contributed by atoms with E-state index in [9.17, 15) is 13.6 Å². The molecule has 0 amide bonds. The van der Waals surface area contributed by atoms with Crippen molar-refractivity contribution in [3.8, 4) is 0 Å². The third-order valence-electron chi connectivity index (χ3n) is 1.60. The molecule has 3 nitrogen and oxygen atoms in total. The Balaban J connectivity index is 3.21. The molecule has 0 unspecified atom stereocenters. The average Bonchev–Trinajstić information content (AvgIpc) is 2.16. The van der Waals surface area contributed by atoms with Crippen LogP contribution < -0.4 is 0 Å². The first-order valence-corrected chi connectivity index (χ1v) is 4.16. The number of carboxylic acid groups (broad SMARTS) is 1. The van der Waals surface area contributed by atoms with Crippen molar-refractivity contribution in [3.63, 3.8) is 0 Å². The van der Waals surface area contributed by atoms with Gasteiger partial charge in [-0.3, -0.25) is 4.98 Å². The predicted molar refractivity (Wildman–Crippen MR) is 45.7 cm³/mol. The summed E-state index contributed by atoms with van der Waals surface area (Å²) in [7, 11) is 0. The van der Waals surface area contributed by atoms with Gasteiger partial charge in [0.2, 0.25) is 0 Å². The van der Waals surface area contributed by atoms with Gasteiger partial charge >= 0.3 is 5.97 Å². The topological polar surface area (TPSA) is 50.2 Å². The van der Waals surface area contributed by atoms with E-state index in [2.05, 4.69) is 4.98 Å². The van der Waals surface area contributed by atoms with Gasteiger partial charge in [0.1, 0.15) is 0 Å². The molecular weight excluding hydrogens is 216 g/mol. The lowest BCUT2D eigenvalue weighted by molar-refractivity contribution is 0.0695. The summed E-state index contributed by atoms with van der Waals surface area (Å²) in [6.45, 7) is 0. The van der Waals surface area contributed by atoms with Crippen LogP contribution in [0.3, 0.4) is 0 Å². The minimum atomic E-state index is -2.73. The predicted octanol–water partition coefficient (Wildman–Crippen LogP) is 2.46. The first-order valence-electron chi connectivity index (χ1n) is 3.62. The molecule has 14 heavy (non-hydrogen) atoms. The molecule has 0 aliphatic carbocycles. The van der Waals surface area contributed by atoms with Crippen molar-refractivity contribution < 1.29 is 18.7 Å². The number of carbonyl (C=O) groups is 1. The molecule has 0 fully saturated rings. The molecular formula is C8H6ClF2NO2. The van der Waals surface area contributed by atoms with Crippen molar-refractivity contribution in [2.45, 2.75) is 12.3 Å². The van der Waals surface area contributed by atoms with Crippen molar-refractivity contribution in [1.29, 1.82) is 0 Å². The zero-order valence-electron chi connectivity index (χ0n) is 6.88. The summed E-state index contributed by atoms with van der Waals surface area (Å²) in [6.07, 6.45) is -1.81. The zero-order valence-corrected chi connectivity index (χ0v) is 7.63. The van der Waals surface area contributed by atoms with Crippen molar-refractivity contribution >= 4 is 17.6 Å². The molecule has 6 heteroatoms. The fraction of sp³-hybridized carbons (Fsp3) is 0.250. The largest absolute Gasteiger partial charge is 0.478 e. The van der Waals surface area contributed by atoms with Gasteiger partial charge in [0.25, 0.3) is 6.43 Å². The molecule has 1 N–H and O–H groups in total. The van der Waals surface area contributed by atoms with Crippen LogP contribution in [0.25, 0.3) is 0 Å². The average molecular weight is 222 g/mol. The van der Waals surface area contributed by atoms with Gasteiger partial charge < -0.3 is 5.11 Å². The van der Waals surface area contributed by atoms with E-state index in [1.165, 1.54) is 0 Å². The molecule has 0 aliphatic rings. The maximum Gasteiger partial charge on any atom is 0.337 e. The van der Waals surface area contributed by atoms with Crippen LogP contribution in [0, 0.1) is 0 Å². The molecule has 0 saturated heterocycles. The second kappa shape index (κ2) is 4.32. The summed E-state index contributed by atoms with van der Waals surface area (Å²) in [6, 6.07) is 0.887. The smallest absolute Gasteiger partial charge is 0.337 e. The van der Waals surface area contributed by atoms with Crippen LogP contribution in [0.15, 0.2) is 12.3 Å². The Morgan fingerprint density at radius 1 is 1.64 bits per heavy atom. The number of aromatic nitrogens is 1. The Morgan fingerprint density at radius 3 is 2.71 bits per heavy atom. The summed E-state index contributed by atoms with van der Waals surface area (Å²) in [5.41, 5.74) is -0.613. The van der Waals surface area contributed by atoms with E-state index in [0.29, 0.717) is 0 Å². The lowest BCUT2D eigenvalue weighted by Crippen LogP contribution is -2.05.